The van der Waals surface area contributed by atoms with Crippen LogP contribution in [0, 0.1) is 0 Å². The topological polar surface area (TPSA) is 42.7 Å². The average molecular weight is 325 g/mol. The van der Waals surface area contributed by atoms with Crippen molar-refractivity contribution in [2.75, 3.05) is 19.7 Å². The summed E-state index contributed by atoms with van der Waals surface area (Å²) in [6.07, 6.45) is -3.90. The van der Waals surface area contributed by atoms with Gasteiger partial charge in [0.2, 0.25) is 0 Å². The van der Waals surface area contributed by atoms with E-state index < -0.39 is 17.8 Å². The van der Waals surface area contributed by atoms with Crippen molar-refractivity contribution in [3.63, 3.8) is 0 Å². The Kier molecular flexibility index (Phi) is 4.12. The van der Waals surface area contributed by atoms with E-state index in [-0.39, 0.29) is 30.4 Å². The maximum Gasteiger partial charge on any atom is 0.416 e. The number of rotatable bonds is 2. The summed E-state index contributed by atoms with van der Waals surface area (Å²) in [4.78, 5) is 13.7. The van der Waals surface area contributed by atoms with Crippen molar-refractivity contribution >= 4 is 5.91 Å². The first-order valence-electron chi connectivity index (χ1n) is 7.07. The van der Waals surface area contributed by atoms with Crippen LogP contribution in [0.4, 0.5) is 13.2 Å². The van der Waals surface area contributed by atoms with E-state index in [1.807, 2.05) is 0 Å². The fraction of sp³-hybridized carbons (Fsp3) is 0.312. The van der Waals surface area contributed by atoms with Gasteiger partial charge < -0.3 is 14.1 Å². The molecule has 1 amide bonds. The van der Waals surface area contributed by atoms with Crippen molar-refractivity contribution in [1.29, 1.82) is 0 Å². The first-order valence-corrected chi connectivity index (χ1v) is 7.07. The minimum atomic E-state index is -4.47. The summed E-state index contributed by atoms with van der Waals surface area (Å²) < 4.78 is 49.9. The fourth-order valence-corrected chi connectivity index (χ4v) is 2.61. The molecule has 23 heavy (non-hydrogen) atoms. The molecular weight excluding hydrogens is 311 g/mol. The van der Waals surface area contributed by atoms with E-state index in [0.29, 0.717) is 6.54 Å². The van der Waals surface area contributed by atoms with E-state index in [4.69, 9.17) is 9.15 Å². The van der Waals surface area contributed by atoms with Crippen molar-refractivity contribution in [2.24, 2.45) is 0 Å². The number of benzene rings is 1. The summed E-state index contributed by atoms with van der Waals surface area (Å²) in [5.41, 5.74) is -0.700. The zero-order chi connectivity index (χ0) is 16.4. The molecule has 1 aromatic carbocycles. The number of hydrogen-bond acceptors (Lipinski definition) is 3. The van der Waals surface area contributed by atoms with Crippen LogP contribution < -0.4 is 0 Å². The molecule has 1 saturated heterocycles. The highest BCUT2D eigenvalue weighted by Gasteiger charge is 2.37. The van der Waals surface area contributed by atoms with Crippen LogP contribution in [-0.4, -0.2) is 30.5 Å². The van der Waals surface area contributed by atoms with Crippen LogP contribution in [-0.2, 0) is 10.9 Å². The Hall–Kier alpha value is -2.28. The predicted molar refractivity (Wildman–Crippen MR) is 74.7 cm³/mol. The number of alkyl halides is 3. The normalized spacial score (nSPS) is 18.9. The highest BCUT2D eigenvalue weighted by atomic mass is 19.4. The van der Waals surface area contributed by atoms with Crippen molar-refractivity contribution in [2.45, 2.75) is 12.3 Å². The molecule has 2 aromatic rings. The van der Waals surface area contributed by atoms with Gasteiger partial charge in [0.05, 0.1) is 25.0 Å². The van der Waals surface area contributed by atoms with Crippen LogP contribution in [0.1, 0.15) is 27.8 Å². The lowest BCUT2D eigenvalue weighted by atomic mass is 10.0. The molecule has 0 spiro atoms. The minimum absolute atomic E-state index is 0.0388. The molecule has 1 aromatic heterocycles. The second kappa shape index (κ2) is 6.08. The van der Waals surface area contributed by atoms with Crippen LogP contribution >= 0.6 is 0 Å². The van der Waals surface area contributed by atoms with E-state index in [2.05, 4.69) is 0 Å². The number of hydrogen-bond donors (Lipinski definition) is 0. The Labute approximate surface area is 130 Å². The summed E-state index contributed by atoms with van der Waals surface area (Å²) in [6.45, 7) is 0.528. The van der Waals surface area contributed by atoms with Crippen LogP contribution in [0.2, 0.25) is 0 Å². The Morgan fingerprint density at radius 3 is 2.65 bits per heavy atom. The summed E-state index contributed by atoms with van der Waals surface area (Å²) in [6, 6.07) is 8.38. The number of morpholine rings is 1. The predicted octanol–water partition coefficient (Wildman–Crippen LogP) is 3.51. The Balaban J connectivity index is 1.84. The maximum absolute atomic E-state index is 13.1. The van der Waals surface area contributed by atoms with Crippen LogP contribution in [0.25, 0.3) is 0 Å². The monoisotopic (exact) mass is 325 g/mol. The van der Waals surface area contributed by atoms with Gasteiger partial charge >= 0.3 is 6.18 Å². The van der Waals surface area contributed by atoms with Gasteiger partial charge in [-0.25, -0.2) is 0 Å². The average Bonchev–Trinajstić information content (AvgIpc) is 3.08. The van der Waals surface area contributed by atoms with Crippen molar-refractivity contribution < 1.29 is 27.1 Å². The van der Waals surface area contributed by atoms with E-state index in [1.54, 1.807) is 6.07 Å². The first-order chi connectivity index (χ1) is 11.0. The number of carbonyl (C=O) groups is 1. The molecule has 1 fully saturated rings. The highest BCUT2D eigenvalue weighted by molar-refractivity contribution is 5.91. The summed E-state index contributed by atoms with van der Waals surface area (Å²) in [5, 5.41) is 0. The summed E-state index contributed by atoms with van der Waals surface area (Å²) in [7, 11) is 0. The van der Waals surface area contributed by atoms with Crippen LogP contribution in [0.15, 0.2) is 47.1 Å². The molecule has 1 aliphatic rings. The van der Waals surface area contributed by atoms with Gasteiger partial charge in [0, 0.05) is 6.54 Å². The molecule has 0 bridgehead atoms. The zero-order valence-electron chi connectivity index (χ0n) is 12.0. The number of nitrogens with zero attached hydrogens (tertiary/aromatic N) is 1. The highest BCUT2D eigenvalue weighted by Crippen LogP contribution is 2.36. The Bertz CT molecular complexity index is 682. The smallest absolute Gasteiger partial charge is 0.416 e. The third kappa shape index (κ3) is 3.24. The second-order valence-electron chi connectivity index (χ2n) is 5.17. The third-order valence-electron chi connectivity index (χ3n) is 3.70. The molecule has 0 N–H and O–H groups in total. The molecule has 1 atom stereocenters. The number of ether oxygens (including phenoxy) is 1. The van der Waals surface area contributed by atoms with Gasteiger partial charge in [0.1, 0.15) is 6.10 Å². The van der Waals surface area contributed by atoms with Gasteiger partial charge in [0.15, 0.2) is 5.76 Å². The van der Waals surface area contributed by atoms with E-state index in [9.17, 15) is 18.0 Å². The van der Waals surface area contributed by atoms with Gasteiger partial charge in [-0.15, -0.1) is 0 Å². The van der Waals surface area contributed by atoms with E-state index >= 15 is 0 Å². The number of amides is 1. The van der Waals surface area contributed by atoms with Crippen LogP contribution in [0.3, 0.4) is 0 Å². The molecular formula is C16H14F3NO3. The molecule has 0 saturated carbocycles. The van der Waals surface area contributed by atoms with Crippen molar-refractivity contribution in [1.82, 2.24) is 4.90 Å². The van der Waals surface area contributed by atoms with E-state index in [0.717, 1.165) is 6.07 Å². The molecule has 0 radical (unpaired) electrons. The molecule has 0 aliphatic carbocycles. The van der Waals surface area contributed by atoms with Crippen LogP contribution in [0.5, 0.6) is 0 Å². The van der Waals surface area contributed by atoms with Crippen molar-refractivity contribution in [3.05, 3.63) is 59.5 Å². The second-order valence-corrected chi connectivity index (χ2v) is 5.17. The largest absolute Gasteiger partial charge is 0.459 e. The maximum atomic E-state index is 13.1. The third-order valence-corrected chi connectivity index (χ3v) is 3.70. The molecule has 1 aliphatic heterocycles. The molecule has 2 heterocycles. The lowest BCUT2D eigenvalue weighted by Crippen LogP contribution is -2.42. The zero-order valence-corrected chi connectivity index (χ0v) is 12.0. The quantitative estimate of drug-likeness (QED) is 0.848. The molecule has 0 unspecified atom stereocenters. The lowest BCUT2D eigenvalue weighted by Gasteiger charge is -2.33. The number of carbonyl (C=O) groups excluding carboxylic acids is 1. The lowest BCUT2D eigenvalue weighted by molar-refractivity contribution is -0.140. The number of halogens is 3. The SMILES string of the molecule is O=C(c1ccco1)N1CCO[C@H](c2ccccc2C(F)(F)F)C1. The minimum Gasteiger partial charge on any atom is -0.459 e. The first kappa shape index (κ1) is 15.6. The fourth-order valence-electron chi connectivity index (χ4n) is 2.61. The molecule has 3 rings (SSSR count). The van der Waals surface area contributed by atoms with Gasteiger partial charge in [-0.05, 0) is 23.8 Å². The number of furan rings is 1. The van der Waals surface area contributed by atoms with Gasteiger partial charge in [-0.1, -0.05) is 18.2 Å². The van der Waals surface area contributed by atoms with Gasteiger partial charge in [0.25, 0.3) is 5.91 Å². The van der Waals surface area contributed by atoms with E-state index in [1.165, 1.54) is 35.4 Å². The van der Waals surface area contributed by atoms with Gasteiger partial charge in [-0.3, -0.25) is 4.79 Å². The summed E-state index contributed by atoms with van der Waals surface area (Å²) >= 11 is 0. The Morgan fingerprint density at radius 2 is 1.96 bits per heavy atom. The Morgan fingerprint density at radius 1 is 1.17 bits per heavy atom. The molecule has 7 heteroatoms. The standard InChI is InChI=1S/C16H14F3NO3/c17-16(18,19)12-5-2-1-4-11(12)14-10-20(7-9-23-14)15(21)13-6-3-8-22-13/h1-6,8,14H,7,9-10H2/t14-/m0/s1. The summed E-state index contributed by atoms with van der Waals surface area (Å²) in [5.74, 6) is -0.192. The van der Waals surface area contributed by atoms with Crippen molar-refractivity contribution in [3.8, 4) is 0 Å². The molecule has 122 valence electrons. The van der Waals surface area contributed by atoms with Gasteiger partial charge in [-0.2, -0.15) is 13.2 Å². The molecule has 4 nitrogen and oxygen atoms in total.